The van der Waals surface area contributed by atoms with E-state index in [1.165, 1.54) is 0 Å². The van der Waals surface area contributed by atoms with Crippen LogP contribution in [0.4, 0.5) is 0 Å². The molecule has 100 valence electrons. The molecule has 1 aliphatic rings. The van der Waals surface area contributed by atoms with Gasteiger partial charge in [-0.1, -0.05) is 6.92 Å². The zero-order valence-electron chi connectivity index (χ0n) is 11.1. The second kappa shape index (κ2) is 5.54. The van der Waals surface area contributed by atoms with Crippen molar-refractivity contribution >= 4 is 5.91 Å². The average Bonchev–Trinajstić information content (AvgIpc) is 2.95. The first-order valence-electron chi connectivity index (χ1n) is 6.29. The number of hydrogen-bond acceptors (Lipinski definition) is 4. The minimum absolute atomic E-state index is 0.00271. The number of furan rings is 1. The van der Waals surface area contributed by atoms with Gasteiger partial charge in [0.25, 0.3) is 5.91 Å². The maximum atomic E-state index is 12.1. The second-order valence-corrected chi connectivity index (χ2v) is 4.59. The predicted octanol–water partition coefficient (Wildman–Crippen LogP) is 0.867. The van der Waals surface area contributed by atoms with Crippen LogP contribution in [0.15, 0.2) is 10.5 Å². The Hall–Kier alpha value is -1.33. The molecule has 0 unspecified atom stereocenters. The normalized spacial score (nSPS) is 23.3. The van der Waals surface area contributed by atoms with Crippen LogP contribution < -0.4 is 10.6 Å². The maximum Gasteiger partial charge on any atom is 0.287 e. The van der Waals surface area contributed by atoms with E-state index >= 15 is 0 Å². The molecule has 0 spiro atoms. The molecule has 1 aromatic heterocycles. The summed E-state index contributed by atoms with van der Waals surface area (Å²) in [6, 6.07) is 1.91. The van der Waals surface area contributed by atoms with Crippen molar-refractivity contribution in [2.24, 2.45) is 0 Å². The molecule has 0 radical (unpaired) electrons. The summed E-state index contributed by atoms with van der Waals surface area (Å²) in [7, 11) is 1.66. The molecule has 5 nitrogen and oxygen atoms in total. The molecule has 0 saturated carbocycles. The summed E-state index contributed by atoms with van der Waals surface area (Å²) >= 11 is 0. The summed E-state index contributed by atoms with van der Waals surface area (Å²) in [5.41, 5.74) is 0.879. The molecule has 2 N–H and O–H groups in total. The summed E-state index contributed by atoms with van der Waals surface area (Å²) in [4.78, 5) is 12.1. The van der Waals surface area contributed by atoms with Crippen molar-refractivity contribution in [2.45, 2.75) is 32.4 Å². The maximum absolute atomic E-state index is 12.1. The Kier molecular flexibility index (Phi) is 4.04. The van der Waals surface area contributed by atoms with Gasteiger partial charge in [-0.25, -0.2) is 0 Å². The molecule has 5 heteroatoms. The largest absolute Gasteiger partial charge is 0.456 e. The van der Waals surface area contributed by atoms with Crippen molar-refractivity contribution < 1.29 is 13.9 Å². The molecule has 2 heterocycles. The fraction of sp³-hybridized carbons (Fsp3) is 0.615. The minimum atomic E-state index is -0.164. The molecule has 1 aromatic rings. The third-order valence-corrected chi connectivity index (χ3v) is 3.30. The summed E-state index contributed by atoms with van der Waals surface area (Å²) in [6.45, 7) is 5.38. The molecule has 0 aliphatic carbocycles. The third kappa shape index (κ3) is 2.57. The fourth-order valence-electron chi connectivity index (χ4n) is 2.23. The van der Waals surface area contributed by atoms with Gasteiger partial charge >= 0.3 is 0 Å². The van der Waals surface area contributed by atoms with Crippen LogP contribution in [-0.2, 0) is 11.2 Å². The van der Waals surface area contributed by atoms with E-state index in [1.807, 2.05) is 19.9 Å². The van der Waals surface area contributed by atoms with Crippen LogP contribution >= 0.6 is 0 Å². The van der Waals surface area contributed by atoms with E-state index in [0.29, 0.717) is 5.76 Å². The highest BCUT2D eigenvalue weighted by Gasteiger charge is 2.29. The lowest BCUT2D eigenvalue weighted by atomic mass is 10.2. The van der Waals surface area contributed by atoms with Gasteiger partial charge in [0.1, 0.15) is 5.76 Å². The van der Waals surface area contributed by atoms with E-state index in [2.05, 4.69) is 10.6 Å². The second-order valence-electron chi connectivity index (χ2n) is 4.59. The highest BCUT2D eigenvalue weighted by molar-refractivity contribution is 5.93. The SMILES string of the molecule is CCc1cc(C)c(C(=O)N[C@H]2CNC[C@@H]2OC)o1. The first-order chi connectivity index (χ1) is 8.65. The van der Waals surface area contributed by atoms with Gasteiger partial charge in [-0.3, -0.25) is 4.79 Å². The minimum Gasteiger partial charge on any atom is -0.456 e. The molecule has 1 aliphatic heterocycles. The van der Waals surface area contributed by atoms with Gasteiger partial charge in [-0.05, 0) is 13.0 Å². The van der Waals surface area contributed by atoms with Crippen molar-refractivity contribution in [3.05, 3.63) is 23.2 Å². The van der Waals surface area contributed by atoms with Gasteiger partial charge in [-0.15, -0.1) is 0 Å². The lowest BCUT2D eigenvalue weighted by Gasteiger charge is -2.17. The number of hydrogen-bond donors (Lipinski definition) is 2. The average molecular weight is 252 g/mol. The van der Waals surface area contributed by atoms with Crippen LogP contribution in [0, 0.1) is 6.92 Å². The molecular weight excluding hydrogens is 232 g/mol. The quantitative estimate of drug-likeness (QED) is 0.834. The van der Waals surface area contributed by atoms with Crippen LogP contribution in [0.1, 0.15) is 28.8 Å². The van der Waals surface area contributed by atoms with Gasteiger partial charge in [0.05, 0.1) is 12.1 Å². The monoisotopic (exact) mass is 252 g/mol. The molecule has 2 rings (SSSR count). The van der Waals surface area contributed by atoms with Crippen molar-refractivity contribution in [1.29, 1.82) is 0 Å². The van der Waals surface area contributed by atoms with Crippen LogP contribution in [-0.4, -0.2) is 38.3 Å². The zero-order valence-corrected chi connectivity index (χ0v) is 11.1. The number of ether oxygens (including phenoxy) is 1. The first kappa shape index (κ1) is 13.1. The lowest BCUT2D eigenvalue weighted by molar-refractivity contribution is 0.0758. The number of carbonyl (C=O) groups excluding carboxylic acids is 1. The standard InChI is InChI=1S/C13H20N2O3/c1-4-9-5-8(2)12(18-9)13(16)15-10-6-14-7-11(10)17-3/h5,10-11,14H,4,6-7H2,1-3H3,(H,15,16)/t10-,11-/m0/s1. The third-order valence-electron chi connectivity index (χ3n) is 3.30. The molecule has 2 atom stereocenters. The number of aryl methyl sites for hydroxylation is 2. The number of methoxy groups -OCH3 is 1. The highest BCUT2D eigenvalue weighted by Crippen LogP contribution is 2.15. The number of rotatable bonds is 4. The zero-order chi connectivity index (χ0) is 13.1. The van der Waals surface area contributed by atoms with E-state index in [1.54, 1.807) is 7.11 Å². The molecular formula is C13H20N2O3. The number of carbonyl (C=O) groups is 1. The number of amides is 1. The van der Waals surface area contributed by atoms with Gasteiger partial charge in [0.15, 0.2) is 5.76 Å². The molecule has 18 heavy (non-hydrogen) atoms. The van der Waals surface area contributed by atoms with Crippen molar-refractivity contribution in [1.82, 2.24) is 10.6 Å². The molecule has 1 fully saturated rings. The Balaban J connectivity index is 2.05. The Morgan fingerprint density at radius 1 is 1.61 bits per heavy atom. The van der Waals surface area contributed by atoms with Crippen LogP contribution in [0.25, 0.3) is 0 Å². The molecule has 1 amide bonds. The Labute approximate surface area is 107 Å². The summed E-state index contributed by atoms with van der Waals surface area (Å²) in [5, 5.41) is 6.15. The highest BCUT2D eigenvalue weighted by atomic mass is 16.5. The Morgan fingerprint density at radius 3 is 3.00 bits per heavy atom. The van der Waals surface area contributed by atoms with E-state index < -0.39 is 0 Å². The van der Waals surface area contributed by atoms with Crippen LogP contribution in [0.5, 0.6) is 0 Å². The molecule has 0 bridgehead atoms. The summed E-state index contributed by atoms with van der Waals surface area (Å²) < 4.78 is 10.8. The van der Waals surface area contributed by atoms with Crippen LogP contribution in [0.2, 0.25) is 0 Å². The van der Waals surface area contributed by atoms with Gasteiger partial charge < -0.3 is 19.8 Å². The Bertz CT molecular complexity index is 428. The van der Waals surface area contributed by atoms with Gasteiger partial charge in [0, 0.05) is 32.2 Å². The van der Waals surface area contributed by atoms with E-state index in [9.17, 15) is 4.79 Å². The predicted molar refractivity (Wildman–Crippen MR) is 67.7 cm³/mol. The van der Waals surface area contributed by atoms with E-state index in [0.717, 1.165) is 30.8 Å². The van der Waals surface area contributed by atoms with E-state index in [-0.39, 0.29) is 18.1 Å². The lowest BCUT2D eigenvalue weighted by Crippen LogP contribution is -2.43. The number of nitrogens with one attached hydrogen (secondary N) is 2. The topological polar surface area (TPSA) is 63.5 Å². The van der Waals surface area contributed by atoms with Crippen molar-refractivity contribution in [2.75, 3.05) is 20.2 Å². The van der Waals surface area contributed by atoms with Gasteiger partial charge in [0.2, 0.25) is 0 Å². The summed E-state index contributed by atoms with van der Waals surface area (Å²) in [6.07, 6.45) is 0.814. The van der Waals surface area contributed by atoms with E-state index in [4.69, 9.17) is 9.15 Å². The first-order valence-corrected chi connectivity index (χ1v) is 6.29. The fourth-order valence-corrected chi connectivity index (χ4v) is 2.23. The molecule has 1 saturated heterocycles. The summed E-state index contributed by atoms with van der Waals surface area (Å²) in [5.74, 6) is 1.09. The Morgan fingerprint density at radius 2 is 2.39 bits per heavy atom. The van der Waals surface area contributed by atoms with Crippen molar-refractivity contribution in [3.8, 4) is 0 Å². The van der Waals surface area contributed by atoms with Gasteiger partial charge in [-0.2, -0.15) is 0 Å². The van der Waals surface area contributed by atoms with Crippen LogP contribution in [0.3, 0.4) is 0 Å². The molecule has 0 aromatic carbocycles. The smallest absolute Gasteiger partial charge is 0.287 e. The van der Waals surface area contributed by atoms with Crippen molar-refractivity contribution in [3.63, 3.8) is 0 Å².